The van der Waals surface area contributed by atoms with Crippen LogP contribution in [-0.4, -0.2) is 28.3 Å². The van der Waals surface area contributed by atoms with E-state index in [4.69, 9.17) is 16.3 Å². The molecule has 2 aromatic heterocycles. The lowest BCUT2D eigenvalue weighted by Crippen LogP contribution is -2.09. The van der Waals surface area contributed by atoms with Crippen LogP contribution in [0.3, 0.4) is 0 Å². The molecule has 0 aliphatic rings. The molecule has 6 heteroatoms. The summed E-state index contributed by atoms with van der Waals surface area (Å²) in [6, 6.07) is 1.94. The zero-order valence-electron chi connectivity index (χ0n) is 9.65. The zero-order valence-corrected chi connectivity index (χ0v) is 12.0. The van der Waals surface area contributed by atoms with Crippen molar-refractivity contribution >= 4 is 38.7 Å². The first-order valence-corrected chi connectivity index (χ1v) is 6.51. The molecule has 0 saturated heterocycles. The lowest BCUT2D eigenvalue weighted by atomic mass is 10.4. The average Bonchev–Trinajstić information content (AvgIpc) is 2.64. The molecule has 0 aliphatic heterocycles. The number of methoxy groups -OCH3 is 1. The van der Waals surface area contributed by atoms with E-state index in [0.29, 0.717) is 13.2 Å². The first-order valence-electron chi connectivity index (χ1n) is 5.28. The lowest BCUT2D eigenvalue weighted by Gasteiger charge is -2.08. The maximum atomic E-state index is 6.13. The SMILES string of the molecule is COCCn1c(C(C)Cl)nc2cc(Br)cnc21. The standard InChI is InChI=1S/C11H13BrClN3O/c1-7(13)10-15-9-5-8(12)6-14-11(9)16(10)3-4-17-2/h5-7H,3-4H2,1-2H3. The van der Waals surface area contributed by atoms with Crippen molar-refractivity contribution in [3.05, 3.63) is 22.6 Å². The fourth-order valence-corrected chi connectivity index (χ4v) is 2.20. The van der Waals surface area contributed by atoms with Gasteiger partial charge in [-0.05, 0) is 28.9 Å². The van der Waals surface area contributed by atoms with Gasteiger partial charge in [-0.1, -0.05) is 0 Å². The van der Waals surface area contributed by atoms with Gasteiger partial charge >= 0.3 is 0 Å². The lowest BCUT2D eigenvalue weighted by molar-refractivity contribution is 0.187. The van der Waals surface area contributed by atoms with Gasteiger partial charge in [-0.25, -0.2) is 9.97 Å². The number of nitrogens with zero attached hydrogens (tertiary/aromatic N) is 3. The summed E-state index contributed by atoms with van der Waals surface area (Å²) in [5.74, 6) is 0.823. The van der Waals surface area contributed by atoms with Crippen LogP contribution in [-0.2, 0) is 11.3 Å². The van der Waals surface area contributed by atoms with Gasteiger partial charge in [0.1, 0.15) is 11.3 Å². The molecule has 0 N–H and O–H groups in total. The Labute approximate surface area is 113 Å². The number of alkyl halides is 1. The Hall–Kier alpha value is -0.650. The Bertz CT molecular complexity index is 527. The van der Waals surface area contributed by atoms with Gasteiger partial charge in [-0.2, -0.15) is 0 Å². The molecule has 2 heterocycles. The quantitative estimate of drug-likeness (QED) is 0.813. The van der Waals surface area contributed by atoms with Gasteiger partial charge in [-0.3, -0.25) is 0 Å². The molecule has 1 unspecified atom stereocenters. The molecule has 2 rings (SSSR count). The molecule has 92 valence electrons. The smallest absolute Gasteiger partial charge is 0.160 e. The molecule has 4 nitrogen and oxygen atoms in total. The minimum atomic E-state index is -0.153. The summed E-state index contributed by atoms with van der Waals surface area (Å²) >= 11 is 9.52. The van der Waals surface area contributed by atoms with Crippen LogP contribution < -0.4 is 0 Å². The largest absolute Gasteiger partial charge is 0.383 e. The number of hydrogen-bond acceptors (Lipinski definition) is 3. The summed E-state index contributed by atoms with van der Waals surface area (Å²) in [6.45, 7) is 3.22. The molecule has 0 saturated carbocycles. The van der Waals surface area contributed by atoms with Gasteiger partial charge in [0, 0.05) is 24.3 Å². The van der Waals surface area contributed by atoms with Crippen LogP contribution in [0.15, 0.2) is 16.7 Å². The van der Waals surface area contributed by atoms with E-state index in [1.165, 1.54) is 0 Å². The third-order valence-corrected chi connectivity index (χ3v) is 3.08. The van der Waals surface area contributed by atoms with Crippen molar-refractivity contribution in [2.75, 3.05) is 13.7 Å². The van der Waals surface area contributed by atoms with E-state index in [2.05, 4.69) is 25.9 Å². The topological polar surface area (TPSA) is 39.9 Å². The number of aromatic nitrogens is 3. The van der Waals surface area contributed by atoms with Crippen molar-refractivity contribution in [1.29, 1.82) is 0 Å². The van der Waals surface area contributed by atoms with Crippen LogP contribution in [0.25, 0.3) is 11.2 Å². The van der Waals surface area contributed by atoms with Crippen molar-refractivity contribution in [3.8, 4) is 0 Å². The van der Waals surface area contributed by atoms with Gasteiger partial charge in [0.15, 0.2) is 5.65 Å². The second kappa shape index (κ2) is 5.33. The van der Waals surface area contributed by atoms with Gasteiger partial charge < -0.3 is 9.30 Å². The Morgan fingerprint density at radius 1 is 1.59 bits per heavy atom. The van der Waals surface area contributed by atoms with Crippen molar-refractivity contribution in [2.24, 2.45) is 0 Å². The molecule has 1 atom stereocenters. The van der Waals surface area contributed by atoms with Gasteiger partial charge in [0.25, 0.3) is 0 Å². The summed E-state index contributed by atoms with van der Waals surface area (Å²) < 4.78 is 8.01. The molecule has 0 radical (unpaired) electrons. The third kappa shape index (κ3) is 2.61. The number of ether oxygens (including phenoxy) is 1. The van der Waals surface area contributed by atoms with E-state index < -0.39 is 0 Å². The Kier molecular flexibility index (Phi) is 4.01. The summed E-state index contributed by atoms with van der Waals surface area (Å²) in [5, 5.41) is -0.153. The minimum absolute atomic E-state index is 0.153. The summed E-state index contributed by atoms with van der Waals surface area (Å²) in [6.07, 6.45) is 1.76. The summed E-state index contributed by atoms with van der Waals surface area (Å²) in [5.41, 5.74) is 1.69. The van der Waals surface area contributed by atoms with Crippen LogP contribution in [0.5, 0.6) is 0 Å². The van der Waals surface area contributed by atoms with Crippen LogP contribution in [0.1, 0.15) is 18.1 Å². The highest BCUT2D eigenvalue weighted by molar-refractivity contribution is 9.10. The maximum Gasteiger partial charge on any atom is 0.160 e. The molecule has 2 aromatic rings. The average molecular weight is 319 g/mol. The predicted molar refractivity (Wildman–Crippen MR) is 71.4 cm³/mol. The van der Waals surface area contributed by atoms with E-state index in [0.717, 1.165) is 21.5 Å². The highest BCUT2D eigenvalue weighted by atomic mass is 79.9. The van der Waals surface area contributed by atoms with Gasteiger partial charge in [-0.15, -0.1) is 11.6 Å². The first-order chi connectivity index (χ1) is 8.13. The monoisotopic (exact) mass is 317 g/mol. The minimum Gasteiger partial charge on any atom is -0.383 e. The Balaban J connectivity index is 2.54. The third-order valence-electron chi connectivity index (χ3n) is 2.46. The number of fused-ring (bicyclic) bond motifs is 1. The van der Waals surface area contributed by atoms with Crippen molar-refractivity contribution in [1.82, 2.24) is 14.5 Å². The number of pyridine rings is 1. The number of halogens is 2. The van der Waals surface area contributed by atoms with E-state index in [1.54, 1.807) is 13.3 Å². The van der Waals surface area contributed by atoms with Crippen molar-refractivity contribution < 1.29 is 4.74 Å². The van der Waals surface area contributed by atoms with Crippen LogP contribution in [0.2, 0.25) is 0 Å². The summed E-state index contributed by atoms with van der Waals surface area (Å²) in [4.78, 5) is 8.88. The van der Waals surface area contributed by atoms with Gasteiger partial charge in [0.2, 0.25) is 0 Å². The summed E-state index contributed by atoms with van der Waals surface area (Å²) in [7, 11) is 1.67. The molecule has 0 spiro atoms. The normalized spacial score (nSPS) is 13.2. The molecule has 17 heavy (non-hydrogen) atoms. The highest BCUT2D eigenvalue weighted by Crippen LogP contribution is 2.24. The van der Waals surface area contributed by atoms with Gasteiger partial charge in [0.05, 0.1) is 12.0 Å². The molecule has 0 aliphatic carbocycles. The van der Waals surface area contributed by atoms with E-state index in [-0.39, 0.29) is 5.38 Å². The Morgan fingerprint density at radius 2 is 2.35 bits per heavy atom. The number of rotatable bonds is 4. The molecule has 0 bridgehead atoms. The van der Waals surface area contributed by atoms with Crippen LogP contribution >= 0.6 is 27.5 Å². The highest BCUT2D eigenvalue weighted by Gasteiger charge is 2.15. The molecule has 0 aromatic carbocycles. The second-order valence-electron chi connectivity index (χ2n) is 3.73. The van der Waals surface area contributed by atoms with Crippen molar-refractivity contribution in [2.45, 2.75) is 18.8 Å². The van der Waals surface area contributed by atoms with Crippen LogP contribution in [0.4, 0.5) is 0 Å². The fraction of sp³-hybridized carbons (Fsp3) is 0.455. The maximum absolute atomic E-state index is 6.13. The zero-order chi connectivity index (χ0) is 12.4. The Morgan fingerprint density at radius 3 is 3.00 bits per heavy atom. The second-order valence-corrected chi connectivity index (χ2v) is 5.30. The molecule has 0 amide bonds. The van der Waals surface area contributed by atoms with E-state index >= 15 is 0 Å². The number of imidazole rings is 1. The van der Waals surface area contributed by atoms with E-state index in [9.17, 15) is 0 Å². The van der Waals surface area contributed by atoms with Crippen LogP contribution in [0, 0.1) is 0 Å². The first kappa shape index (κ1) is 12.8. The van der Waals surface area contributed by atoms with Crippen molar-refractivity contribution in [3.63, 3.8) is 0 Å². The predicted octanol–water partition coefficient (Wildman–Crippen LogP) is 3.14. The molecule has 0 fully saturated rings. The fourth-order valence-electron chi connectivity index (χ4n) is 1.71. The van der Waals surface area contributed by atoms with E-state index in [1.807, 2.05) is 17.6 Å². The molecular formula is C11H13BrClN3O. The molecular weight excluding hydrogens is 305 g/mol. The number of hydrogen-bond donors (Lipinski definition) is 0.